The zero-order valence-electron chi connectivity index (χ0n) is 10.5. The van der Waals surface area contributed by atoms with Gasteiger partial charge in [-0.1, -0.05) is 11.6 Å². The van der Waals surface area contributed by atoms with E-state index < -0.39 is 11.7 Å². The number of carbonyl (C=O) groups excluding carboxylic acids is 1. The molecule has 1 aromatic heterocycles. The lowest BCUT2D eigenvalue weighted by Gasteiger charge is -2.16. The molecule has 0 atom stereocenters. The second kappa shape index (κ2) is 5.67. The molecule has 0 N–H and O–H groups in total. The number of carbonyl (C=O) groups is 1. The summed E-state index contributed by atoms with van der Waals surface area (Å²) in [6.07, 6.45) is 1.72. The highest BCUT2D eigenvalue weighted by Gasteiger charge is 2.17. The molecule has 0 saturated heterocycles. The predicted molar refractivity (Wildman–Crippen MR) is 74.1 cm³/mol. The van der Waals surface area contributed by atoms with Gasteiger partial charge < -0.3 is 4.90 Å². The van der Waals surface area contributed by atoms with Crippen molar-refractivity contribution in [2.75, 3.05) is 7.05 Å². The van der Waals surface area contributed by atoms with Crippen molar-refractivity contribution >= 4 is 28.8 Å². The minimum atomic E-state index is -0.568. The molecule has 100 valence electrons. The van der Waals surface area contributed by atoms with Crippen molar-refractivity contribution in [3.05, 3.63) is 50.7 Å². The van der Waals surface area contributed by atoms with Gasteiger partial charge >= 0.3 is 0 Å². The molecule has 0 saturated carbocycles. The molecule has 0 aliphatic heterocycles. The molecule has 0 bridgehead atoms. The Morgan fingerprint density at radius 3 is 2.89 bits per heavy atom. The Hall–Kier alpha value is -1.46. The fourth-order valence-electron chi connectivity index (χ4n) is 1.65. The summed E-state index contributed by atoms with van der Waals surface area (Å²) in [5.74, 6) is -0.965. The van der Waals surface area contributed by atoms with Crippen LogP contribution in [0.25, 0.3) is 0 Å². The first-order valence-electron chi connectivity index (χ1n) is 5.59. The van der Waals surface area contributed by atoms with Gasteiger partial charge in [0.1, 0.15) is 5.82 Å². The normalized spacial score (nSPS) is 10.5. The fourth-order valence-corrected chi connectivity index (χ4v) is 2.67. The molecule has 2 rings (SSSR count). The van der Waals surface area contributed by atoms with Crippen LogP contribution >= 0.6 is 22.9 Å². The molecule has 6 heteroatoms. The van der Waals surface area contributed by atoms with E-state index in [1.807, 2.05) is 6.92 Å². The van der Waals surface area contributed by atoms with Crippen molar-refractivity contribution in [1.82, 2.24) is 9.88 Å². The number of hydrogen-bond donors (Lipinski definition) is 0. The SMILES string of the molecule is Cc1ncc(CN(C)C(=O)c2cc(Cl)ccc2F)s1. The number of aromatic nitrogens is 1. The molecule has 0 fully saturated rings. The summed E-state index contributed by atoms with van der Waals surface area (Å²) in [5.41, 5.74) is -0.0174. The summed E-state index contributed by atoms with van der Waals surface area (Å²) in [6, 6.07) is 3.95. The van der Waals surface area contributed by atoms with Crippen molar-refractivity contribution in [2.45, 2.75) is 13.5 Å². The Kier molecular flexibility index (Phi) is 4.17. The van der Waals surface area contributed by atoms with Crippen molar-refractivity contribution in [3.63, 3.8) is 0 Å². The lowest BCUT2D eigenvalue weighted by molar-refractivity contribution is 0.0782. The van der Waals surface area contributed by atoms with Gasteiger partial charge in [0.05, 0.1) is 17.1 Å². The van der Waals surface area contributed by atoms with E-state index in [0.29, 0.717) is 11.6 Å². The summed E-state index contributed by atoms with van der Waals surface area (Å²) in [7, 11) is 1.62. The van der Waals surface area contributed by atoms with Crippen LogP contribution in [0.4, 0.5) is 4.39 Å². The first-order valence-corrected chi connectivity index (χ1v) is 6.78. The zero-order chi connectivity index (χ0) is 14.0. The van der Waals surface area contributed by atoms with E-state index in [0.717, 1.165) is 9.88 Å². The van der Waals surface area contributed by atoms with Crippen LogP contribution in [0.2, 0.25) is 5.02 Å². The summed E-state index contributed by atoms with van der Waals surface area (Å²) < 4.78 is 13.6. The van der Waals surface area contributed by atoms with Gasteiger partial charge in [-0.3, -0.25) is 4.79 Å². The monoisotopic (exact) mass is 298 g/mol. The highest BCUT2D eigenvalue weighted by molar-refractivity contribution is 7.11. The molecule has 19 heavy (non-hydrogen) atoms. The van der Waals surface area contributed by atoms with E-state index in [1.54, 1.807) is 13.2 Å². The molecule has 0 radical (unpaired) electrons. The van der Waals surface area contributed by atoms with Gasteiger partial charge in [-0.25, -0.2) is 9.37 Å². The van der Waals surface area contributed by atoms with E-state index >= 15 is 0 Å². The molecule has 1 amide bonds. The number of benzene rings is 1. The number of hydrogen-bond acceptors (Lipinski definition) is 3. The molecule has 3 nitrogen and oxygen atoms in total. The maximum atomic E-state index is 13.6. The van der Waals surface area contributed by atoms with Crippen LogP contribution in [0.3, 0.4) is 0 Å². The molecule has 0 unspecified atom stereocenters. The molecule has 2 aromatic rings. The third-order valence-electron chi connectivity index (χ3n) is 2.57. The lowest BCUT2D eigenvalue weighted by atomic mass is 10.2. The average Bonchev–Trinajstić information content (AvgIpc) is 2.77. The maximum absolute atomic E-state index is 13.6. The number of amides is 1. The molecular weight excluding hydrogens is 287 g/mol. The van der Waals surface area contributed by atoms with Gasteiger partial charge in [-0.15, -0.1) is 11.3 Å². The average molecular weight is 299 g/mol. The van der Waals surface area contributed by atoms with Crippen LogP contribution < -0.4 is 0 Å². The van der Waals surface area contributed by atoms with Crippen molar-refractivity contribution in [3.8, 4) is 0 Å². The maximum Gasteiger partial charge on any atom is 0.256 e. The Bertz CT molecular complexity index is 614. The lowest BCUT2D eigenvalue weighted by Crippen LogP contribution is -2.26. The van der Waals surface area contributed by atoms with Gasteiger partial charge in [0.25, 0.3) is 5.91 Å². The summed E-state index contributed by atoms with van der Waals surface area (Å²) >= 11 is 7.29. The summed E-state index contributed by atoms with van der Waals surface area (Å²) in [6.45, 7) is 2.29. The number of thiazole rings is 1. The van der Waals surface area contributed by atoms with E-state index in [2.05, 4.69) is 4.98 Å². The number of nitrogens with zero attached hydrogens (tertiary/aromatic N) is 2. The van der Waals surface area contributed by atoms with Gasteiger partial charge in [0.2, 0.25) is 0 Å². The van der Waals surface area contributed by atoms with E-state index in [-0.39, 0.29) is 5.56 Å². The Morgan fingerprint density at radius 1 is 1.53 bits per heavy atom. The largest absolute Gasteiger partial charge is 0.336 e. The van der Waals surface area contributed by atoms with E-state index in [1.165, 1.54) is 34.4 Å². The van der Waals surface area contributed by atoms with Crippen molar-refractivity contribution < 1.29 is 9.18 Å². The quantitative estimate of drug-likeness (QED) is 0.868. The molecular formula is C13H12ClFN2OS. The number of halogens is 2. The first kappa shape index (κ1) is 14.0. The zero-order valence-corrected chi connectivity index (χ0v) is 12.1. The van der Waals surface area contributed by atoms with Crippen molar-refractivity contribution in [1.29, 1.82) is 0 Å². The minimum Gasteiger partial charge on any atom is -0.336 e. The van der Waals surface area contributed by atoms with Crippen LogP contribution in [-0.4, -0.2) is 22.8 Å². The smallest absolute Gasteiger partial charge is 0.256 e. The van der Waals surface area contributed by atoms with Crippen molar-refractivity contribution in [2.24, 2.45) is 0 Å². The molecule has 1 aromatic carbocycles. The topological polar surface area (TPSA) is 33.2 Å². The highest BCUT2D eigenvalue weighted by Crippen LogP contribution is 2.19. The van der Waals surface area contributed by atoms with Crippen LogP contribution in [0, 0.1) is 12.7 Å². The second-order valence-electron chi connectivity index (χ2n) is 4.13. The second-order valence-corrected chi connectivity index (χ2v) is 5.89. The van der Waals surface area contributed by atoms with Crippen LogP contribution in [-0.2, 0) is 6.54 Å². The minimum absolute atomic E-state index is 0.0174. The van der Waals surface area contributed by atoms with Crippen LogP contribution in [0.5, 0.6) is 0 Å². The first-order chi connectivity index (χ1) is 8.97. The Labute approximate surface area is 119 Å². The molecule has 1 heterocycles. The Balaban J connectivity index is 2.16. The Morgan fingerprint density at radius 2 is 2.26 bits per heavy atom. The standard InChI is InChI=1S/C13H12ClFN2OS/c1-8-16-6-10(19-8)7-17(2)13(18)11-5-9(14)3-4-12(11)15/h3-6H,7H2,1-2H3. The highest BCUT2D eigenvalue weighted by atomic mass is 35.5. The van der Waals surface area contributed by atoms with E-state index in [9.17, 15) is 9.18 Å². The third kappa shape index (κ3) is 3.30. The van der Waals surface area contributed by atoms with Gasteiger partial charge in [0, 0.05) is 23.1 Å². The van der Waals surface area contributed by atoms with E-state index in [4.69, 9.17) is 11.6 Å². The number of aryl methyl sites for hydroxylation is 1. The van der Waals surface area contributed by atoms with Crippen LogP contribution in [0.1, 0.15) is 20.2 Å². The number of rotatable bonds is 3. The molecule has 0 aliphatic carbocycles. The van der Waals surface area contributed by atoms with Gasteiger partial charge in [0.15, 0.2) is 0 Å². The summed E-state index contributed by atoms with van der Waals surface area (Å²) in [4.78, 5) is 18.7. The van der Waals surface area contributed by atoms with Gasteiger partial charge in [-0.2, -0.15) is 0 Å². The fraction of sp³-hybridized carbons (Fsp3) is 0.231. The molecule has 0 aliphatic rings. The van der Waals surface area contributed by atoms with Gasteiger partial charge in [-0.05, 0) is 25.1 Å². The third-order valence-corrected chi connectivity index (χ3v) is 3.70. The van der Waals surface area contributed by atoms with Crippen LogP contribution in [0.15, 0.2) is 24.4 Å². The molecule has 0 spiro atoms. The summed E-state index contributed by atoms with van der Waals surface area (Å²) in [5, 5.41) is 1.27. The predicted octanol–water partition coefficient (Wildman–Crippen LogP) is 3.52.